The highest BCUT2D eigenvalue weighted by Crippen LogP contribution is 2.60. The van der Waals surface area contributed by atoms with Crippen LogP contribution in [-0.4, -0.2) is 70.1 Å². The van der Waals surface area contributed by atoms with Gasteiger partial charge in [0.15, 0.2) is 0 Å². The van der Waals surface area contributed by atoms with Gasteiger partial charge in [0.25, 0.3) is 5.91 Å². The Hall–Kier alpha value is -4.53. The highest BCUT2D eigenvalue weighted by atomic mass is 16.5. The van der Waals surface area contributed by atoms with Crippen molar-refractivity contribution in [3.63, 3.8) is 0 Å². The molecule has 3 amide bonds. The number of hydrogen-bond donors (Lipinski definition) is 1. The van der Waals surface area contributed by atoms with E-state index in [-0.39, 0.29) is 24.3 Å². The van der Waals surface area contributed by atoms with E-state index in [1.807, 2.05) is 92.7 Å². The first-order chi connectivity index (χ1) is 22.8. The fraction of sp³-hybridized carbons (Fsp3) is 0.359. The number of para-hydroxylation sites is 1. The Morgan fingerprint density at radius 1 is 0.957 bits per heavy atom. The van der Waals surface area contributed by atoms with Gasteiger partial charge >= 0.3 is 0 Å². The molecule has 8 heteroatoms. The van der Waals surface area contributed by atoms with Gasteiger partial charge in [0.1, 0.15) is 11.6 Å². The summed E-state index contributed by atoms with van der Waals surface area (Å²) in [6, 6.07) is 23.0. The zero-order valence-corrected chi connectivity index (χ0v) is 27.1. The summed E-state index contributed by atoms with van der Waals surface area (Å²) < 4.78 is 6.79. The summed E-state index contributed by atoms with van der Waals surface area (Å²) in [5.41, 5.74) is 3.02. The van der Waals surface area contributed by atoms with Crippen LogP contribution < -0.4 is 4.90 Å². The van der Waals surface area contributed by atoms with Crippen LogP contribution >= 0.6 is 0 Å². The highest BCUT2D eigenvalue weighted by Gasteiger charge is 2.75. The van der Waals surface area contributed by atoms with Gasteiger partial charge in [0.2, 0.25) is 11.8 Å². The standard InChI is InChI=1S/C39H43N3O5/c1-5-22-40(24-28-16-9-7-10-17-28)36(44)32-31-20-21-39(47-31)33(32)37(45)42(30(25-43)29-18-11-8-12-19-29)35(39)38(46)41(23-6-2)34-26(3)14-13-15-27(34)4/h5-19,30-33,35,43H,1-2,20-25H2,3-4H3/t30-,31-,32+,33+,35?,39?/m1/s1. The van der Waals surface area contributed by atoms with Crippen LogP contribution in [0.15, 0.2) is 104 Å². The Bertz CT molecular complexity index is 1640. The SMILES string of the molecule is C=CCN(Cc1ccccc1)C(=O)[C@@H]1[C@H]2C(=O)N([C@H](CO)c3ccccc3)C(C(=O)N(CC=C)c3c(C)cccc3C)C23CC[C@H]1O3. The van der Waals surface area contributed by atoms with Crippen LogP contribution in [0.1, 0.15) is 41.1 Å². The first kappa shape index (κ1) is 32.4. The molecule has 6 atom stereocenters. The number of hydrogen-bond acceptors (Lipinski definition) is 5. The molecule has 3 fully saturated rings. The first-order valence-corrected chi connectivity index (χ1v) is 16.3. The van der Waals surface area contributed by atoms with E-state index in [4.69, 9.17) is 4.74 Å². The quantitative estimate of drug-likeness (QED) is 0.279. The van der Waals surface area contributed by atoms with Crippen LogP contribution in [0.5, 0.6) is 0 Å². The largest absolute Gasteiger partial charge is 0.394 e. The van der Waals surface area contributed by atoms with E-state index in [9.17, 15) is 14.7 Å². The van der Waals surface area contributed by atoms with Gasteiger partial charge in [-0.25, -0.2) is 0 Å². The van der Waals surface area contributed by atoms with Crippen molar-refractivity contribution >= 4 is 23.4 Å². The average Bonchev–Trinajstić information content (AvgIpc) is 3.72. The number of fused-ring (bicyclic) bond motifs is 1. The molecule has 8 nitrogen and oxygen atoms in total. The lowest BCUT2D eigenvalue weighted by molar-refractivity contribution is -0.147. The maximum Gasteiger partial charge on any atom is 0.253 e. The van der Waals surface area contributed by atoms with E-state index in [0.717, 1.165) is 22.4 Å². The molecular weight excluding hydrogens is 590 g/mol. The van der Waals surface area contributed by atoms with Crippen molar-refractivity contribution in [1.82, 2.24) is 9.80 Å². The van der Waals surface area contributed by atoms with Gasteiger partial charge < -0.3 is 24.5 Å². The predicted molar refractivity (Wildman–Crippen MR) is 181 cm³/mol. The number of aliphatic hydroxyl groups is 1. The van der Waals surface area contributed by atoms with Gasteiger partial charge in [-0.2, -0.15) is 0 Å². The van der Waals surface area contributed by atoms with E-state index in [1.54, 1.807) is 22.0 Å². The molecule has 1 spiro atoms. The van der Waals surface area contributed by atoms with Crippen molar-refractivity contribution in [1.29, 1.82) is 0 Å². The third kappa shape index (κ3) is 5.49. The van der Waals surface area contributed by atoms with Crippen LogP contribution in [0.2, 0.25) is 0 Å². The van der Waals surface area contributed by atoms with E-state index >= 15 is 4.79 Å². The molecule has 3 heterocycles. The summed E-state index contributed by atoms with van der Waals surface area (Å²) in [6.07, 6.45) is 3.86. The fourth-order valence-corrected chi connectivity index (χ4v) is 8.22. The molecule has 2 bridgehead atoms. The molecule has 6 rings (SSSR count). The number of nitrogens with zero attached hydrogens (tertiary/aromatic N) is 3. The maximum absolute atomic E-state index is 15.1. The van der Waals surface area contributed by atoms with Crippen molar-refractivity contribution in [2.45, 2.75) is 57.0 Å². The van der Waals surface area contributed by atoms with Crippen LogP contribution in [0.25, 0.3) is 0 Å². The molecule has 47 heavy (non-hydrogen) atoms. The van der Waals surface area contributed by atoms with Crippen molar-refractivity contribution in [2.75, 3.05) is 24.6 Å². The Balaban J connectivity index is 1.46. The summed E-state index contributed by atoms with van der Waals surface area (Å²) in [5.74, 6) is -2.50. The smallest absolute Gasteiger partial charge is 0.253 e. The minimum Gasteiger partial charge on any atom is -0.394 e. The summed E-state index contributed by atoms with van der Waals surface area (Å²) in [6.45, 7) is 12.2. The van der Waals surface area contributed by atoms with Gasteiger partial charge in [-0.1, -0.05) is 91.0 Å². The minimum absolute atomic E-state index is 0.190. The second-order valence-electron chi connectivity index (χ2n) is 12.9. The molecule has 0 aromatic heterocycles. The summed E-state index contributed by atoms with van der Waals surface area (Å²) in [7, 11) is 0. The Labute approximate surface area is 276 Å². The van der Waals surface area contributed by atoms with Gasteiger partial charge in [0.05, 0.1) is 30.6 Å². The molecule has 244 valence electrons. The van der Waals surface area contributed by atoms with Crippen LogP contribution in [0, 0.1) is 25.7 Å². The van der Waals surface area contributed by atoms with Crippen molar-refractivity contribution < 1.29 is 24.2 Å². The number of aliphatic hydroxyl groups excluding tert-OH is 1. The second kappa shape index (κ2) is 13.3. The summed E-state index contributed by atoms with van der Waals surface area (Å²) in [5, 5.41) is 10.9. The monoisotopic (exact) mass is 633 g/mol. The zero-order valence-electron chi connectivity index (χ0n) is 27.1. The molecule has 3 aliphatic rings. The van der Waals surface area contributed by atoms with E-state index in [1.165, 1.54) is 4.90 Å². The first-order valence-electron chi connectivity index (χ1n) is 16.3. The Morgan fingerprint density at radius 2 is 1.60 bits per heavy atom. The summed E-state index contributed by atoms with van der Waals surface area (Å²) in [4.78, 5) is 49.5. The lowest BCUT2D eigenvalue weighted by atomic mass is 9.70. The molecule has 1 N–H and O–H groups in total. The van der Waals surface area contributed by atoms with Crippen molar-refractivity contribution in [2.24, 2.45) is 11.8 Å². The van der Waals surface area contributed by atoms with Crippen LogP contribution in [0.3, 0.4) is 0 Å². The number of ether oxygens (including phenoxy) is 1. The number of carbonyl (C=O) groups excluding carboxylic acids is 3. The highest BCUT2D eigenvalue weighted by molar-refractivity contribution is 6.05. The topological polar surface area (TPSA) is 90.4 Å². The molecule has 3 saturated heterocycles. The lowest BCUT2D eigenvalue weighted by Crippen LogP contribution is -2.57. The molecule has 0 radical (unpaired) electrons. The zero-order chi connectivity index (χ0) is 33.3. The third-order valence-electron chi connectivity index (χ3n) is 10.1. The number of anilines is 1. The van der Waals surface area contributed by atoms with Gasteiger partial charge in [-0.15, -0.1) is 13.2 Å². The average molecular weight is 634 g/mol. The molecule has 3 aromatic rings. The number of benzene rings is 3. The fourth-order valence-electron chi connectivity index (χ4n) is 8.22. The predicted octanol–water partition coefficient (Wildman–Crippen LogP) is 5.15. The Morgan fingerprint density at radius 3 is 2.21 bits per heavy atom. The molecule has 3 aromatic carbocycles. The normalized spacial score (nSPS) is 24.9. The number of likely N-dealkylation sites (tertiary alicyclic amines) is 1. The minimum atomic E-state index is -1.23. The van der Waals surface area contributed by atoms with E-state index < -0.39 is 42.2 Å². The molecule has 2 unspecified atom stereocenters. The van der Waals surface area contributed by atoms with Crippen molar-refractivity contribution in [3.8, 4) is 0 Å². The molecule has 0 aliphatic carbocycles. The second-order valence-corrected chi connectivity index (χ2v) is 12.9. The van der Waals surface area contributed by atoms with Gasteiger partial charge in [-0.05, 0) is 48.9 Å². The Kier molecular flexibility index (Phi) is 9.17. The van der Waals surface area contributed by atoms with Crippen LogP contribution in [-0.2, 0) is 25.7 Å². The third-order valence-corrected chi connectivity index (χ3v) is 10.1. The van der Waals surface area contributed by atoms with Gasteiger partial charge in [-0.3, -0.25) is 14.4 Å². The number of aryl methyl sites for hydroxylation is 2. The van der Waals surface area contributed by atoms with Crippen molar-refractivity contribution in [3.05, 3.63) is 126 Å². The van der Waals surface area contributed by atoms with Crippen LogP contribution in [0.4, 0.5) is 5.69 Å². The van der Waals surface area contributed by atoms with E-state index in [2.05, 4.69) is 13.2 Å². The number of amides is 3. The maximum atomic E-state index is 15.1. The van der Waals surface area contributed by atoms with E-state index in [0.29, 0.717) is 31.5 Å². The molecule has 3 aliphatic heterocycles. The lowest BCUT2D eigenvalue weighted by Gasteiger charge is -2.40. The molecular formula is C39H43N3O5. The number of rotatable bonds is 12. The number of carbonyl (C=O) groups is 3. The van der Waals surface area contributed by atoms with Gasteiger partial charge in [0, 0.05) is 25.3 Å². The molecule has 0 saturated carbocycles. The summed E-state index contributed by atoms with van der Waals surface area (Å²) >= 11 is 0.